The summed E-state index contributed by atoms with van der Waals surface area (Å²) in [5, 5.41) is 9.01. The predicted octanol–water partition coefficient (Wildman–Crippen LogP) is 1.55. The molecule has 1 saturated carbocycles. The van der Waals surface area contributed by atoms with E-state index in [-0.39, 0.29) is 6.29 Å². The van der Waals surface area contributed by atoms with Crippen molar-refractivity contribution in [3.8, 4) is 0 Å². The Hall–Kier alpha value is -0.120. The average molecular weight is 200 g/mol. The Labute approximate surface area is 85.4 Å². The number of aliphatic hydroxyl groups excluding tert-OH is 1. The second kappa shape index (κ2) is 5.10. The maximum absolute atomic E-state index is 9.01. The zero-order chi connectivity index (χ0) is 9.80. The third kappa shape index (κ3) is 2.47. The van der Waals surface area contributed by atoms with Crippen molar-refractivity contribution in [2.45, 2.75) is 38.4 Å². The Balaban J connectivity index is 1.61. The third-order valence-corrected chi connectivity index (χ3v) is 3.44. The van der Waals surface area contributed by atoms with E-state index in [9.17, 15) is 0 Å². The number of hydrogen-bond donors (Lipinski definition) is 1. The summed E-state index contributed by atoms with van der Waals surface area (Å²) in [4.78, 5) is 0. The summed E-state index contributed by atoms with van der Waals surface area (Å²) in [5.74, 6) is 1.06. The van der Waals surface area contributed by atoms with Gasteiger partial charge in [-0.25, -0.2) is 0 Å². The van der Waals surface area contributed by atoms with Gasteiger partial charge in [-0.05, 0) is 43.9 Å². The van der Waals surface area contributed by atoms with Crippen molar-refractivity contribution in [1.29, 1.82) is 0 Å². The van der Waals surface area contributed by atoms with Gasteiger partial charge >= 0.3 is 0 Å². The minimum atomic E-state index is 0.0312. The SMILES string of the molecule is OC[C@H]1CC[C@@H]1COC1CCCCO1. The minimum Gasteiger partial charge on any atom is -0.396 e. The van der Waals surface area contributed by atoms with E-state index in [2.05, 4.69) is 0 Å². The van der Waals surface area contributed by atoms with Gasteiger partial charge in [0.25, 0.3) is 0 Å². The number of aliphatic hydroxyl groups is 1. The van der Waals surface area contributed by atoms with Gasteiger partial charge in [0, 0.05) is 13.2 Å². The highest BCUT2D eigenvalue weighted by Crippen LogP contribution is 2.34. The molecule has 1 unspecified atom stereocenters. The fourth-order valence-electron chi connectivity index (χ4n) is 2.17. The van der Waals surface area contributed by atoms with Gasteiger partial charge in [0.1, 0.15) is 0 Å². The van der Waals surface area contributed by atoms with Crippen LogP contribution in [0.5, 0.6) is 0 Å². The zero-order valence-corrected chi connectivity index (χ0v) is 8.65. The van der Waals surface area contributed by atoms with Gasteiger partial charge in [0.15, 0.2) is 6.29 Å². The van der Waals surface area contributed by atoms with Gasteiger partial charge in [-0.2, -0.15) is 0 Å². The first-order valence-electron chi connectivity index (χ1n) is 5.74. The lowest BCUT2D eigenvalue weighted by Gasteiger charge is -2.36. The molecular formula is C11H20O3. The molecule has 1 aliphatic carbocycles. The third-order valence-electron chi connectivity index (χ3n) is 3.44. The molecule has 0 aromatic carbocycles. The topological polar surface area (TPSA) is 38.7 Å². The molecule has 1 heterocycles. The van der Waals surface area contributed by atoms with E-state index >= 15 is 0 Å². The first-order valence-corrected chi connectivity index (χ1v) is 5.74. The highest BCUT2D eigenvalue weighted by molar-refractivity contribution is 4.79. The predicted molar refractivity (Wildman–Crippen MR) is 52.8 cm³/mol. The van der Waals surface area contributed by atoms with Crippen LogP contribution in [0, 0.1) is 11.8 Å². The molecule has 2 aliphatic rings. The van der Waals surface area contributed by atoms with Gasteiger partial charge in [0.05, 0.1) is 6.61 Å². The lowest BCUT2D eigenvalue weighted by atomic mass is 9.75. The highest BCUT2D eigenvalue weighted by Gasteiger charge is 2.31. The molecule has 1 N–H and O–H groups in total. The van der Waals surface area contributed by atoms with Gasteiger partial charge in [-0.15, -0.1) is 0 Å². The van der Waals surface area contributed by atoms with Crippen LogP contribution in [-0.4, -0.2) is 31.2 Å². The maximum Gasteiger partial charge on any atom is 0.157 e. The first-order chi connectivity index (χ1) is 6.90. The van der Waals surface area contributed by atoms with Crippen LogP contribution < -0.4 is 0 Å². The fraction of sp³-hybridized carbons (Fsp3) is 1.00. The monoisotopic (exact) mass is 200 g/mol. The van der Waals surface area contributed by atoms with Crippen molar-refractivity contribution in [3.05, 3.63) is 0 Å². The van der Waals surface area contributed by atoms with Crippen molar-refractivity contribution >= 4 is 0 Å². The van der Waals surface area contributed by atoms with E-state index in [0.29, 0.717) is 18.4 Å². The Morgan fingerprint density at radius 3 is 2.57 bits per heavy atom. The molecule has 0 amide bonds. The van der Waals surface area contributed by atoms with Crippen LogP contribution in [0.2, 0.25) is 0 Å². The van der Waals surface area contributed by atoms with Gasteiger partial charge in [0.2, 0.25) is 0 Å². The molecule has 3 heteroatoms. The van der Waals surface area contributed by atoms with Crippen LogP contribution in [0.4, 0.5) is 0 Å². The van der Waals surface area contributed by atoms with Crippen LogP contribution in [-0.2, 0) is 9.47 Å². The standard InChI is InChI=1S/C11H20O3/c12-7-9-4-5-10(9)8-14-11-3-1-2-6-13-11/h9-12H,1-8H2/t9-,10-,11?/m1/s1. The number of rotatable bonds is 4. The Morgan fingerprint density at radius 2 is 2.00 bits per heavy atom. The van der Waals surface area contributed by atoms with Crippen LogP contribution in [0.1, 0.15) is 32.1 Å². The van der Waals surface area contributed by atoms with E-state index in [1.807, 2.05) is 0 Å². The molecule has 3 nitrogen and oxygen atoms in total. The molecule has 1 saturated heterocycles. The molecule has 1 aliphatic heterocycles. The second-order valence-corrected chi connectivity index (χ2v) is 4.41. The summed E-state index contributed by atoms with van der Waals surface area (Å²) in [6, 6.07) is 0. The lowest BCUT2D eigenvalue weighted by Crippen LogP contribution is -2.35. The summed E-state index contributed by atoms with van der Waals surface area (Å²) in [7, 11) is 0. The van der Waals surface area contributed by atoms with E-state index in [1.165, 1.54) is 19.3 Å². The molecule has 0 radical (unpaired) electrons. The summed E-state index contributed by atoms with van der Waals surface area (Å²) >= 11 is 0. The van der Waals surface area contributed by atoms with Crippen LogP contribution in [0.3, 0.4) is 0 Å². The summed E-state index contributed by atoms with van der Waals surface area (Å²) < 4.78 is 11.2. The van der Waals surface area contributed by atoms with Gasteiger partial charge in [-0.3, -0.25) is 0 Å². The largest absolute Gasteiger partial charge is 0.396 e. The van der Waals surface area contributed by atoms with Crippen molar-refractivity contribution in [2.24, 2.45) is 11.8 Å². The van der Waals surface area contributed by atoms with Gasteiger partial charge in [-0.1, -0.05) is 0 Å². The van der Waals surface area contributed by atoms with Crippen molar-refractivity contribution in [3.63, 3.8) is 0 Å². The van der Waals surface area contributed by atoms with E-state index in [4.69, 9.17) is 14.6 Å². The molecular weight excluding hydrogens is 180 g/mol. The van der Waals surface area contributed by atoms with E-state index in [0.717, 1.165) is 26.1 Å². The molecule has 0 aromatic rings. The number of ether oxygens (including phenoxy) is 2. The van der Waals surface area contributed by atoms with E-state index < -0.39 is 0 Å². The van der Waals surface area contributed by atoms with E-state index in [1.54, 1.807) is 0 Å². The first kappa shape index (κ1) is 10.4. The van der Waals surface area contributed by atoms with Gasteiger partial charge < -0.3 is 14.6 Å². The second-order valence-electron chi connectivity index (χ2n) is 4.41. The van der Waals surface area contributed by atoms with Crippen molar-refractivity contribution in [2.75, 3.05) is 19.8 Å². The zero-order valence-electron chi connectivity index (χ0n) is 8.65. The normalized spacial score (nSPS) is 37.9. The molecule has 2 rings (SSSR count). The fourth-order valence-corrected chi connectivity index (χ4v) is 2.17. The summed E-state index contributed by atoms with van der Waals surface area (Å²) in [6.07, 6.45) is 5.83. The lowest BCUT2D eigenvalue weighted by molar-refractivity contribution is -0.178. The average Bonchev–Trinajstić information content (AvgIpc) is 2.19. The van der Waals surface area contributed by atoms with Crippen LogP contribution in [0.25, 0.3) is 0 Å². The van der Waals surface area contributed by atoms with Crippen LogP contribution >= 0.6 is 0 Å². The maximum atomic E-state index is 9.01. The number of hydrogen-bond acceptors (Lipinski definition) is 3. The van der Waals surface area contributed by atoms with Crippen molar-refractivity contribution < 1.29 is 14.6 Å². The molecule has 0 aromatic heterocycles. The highest BCUT2D eigenvalue weighted by atomic mass is 16.7. The van der Waals surface area contributed by atoms with Crippen molar-refractivity contribution in [1.82, 2.24) is 0 Å². The Kier molecular flexibility index (Phi) is 3.79. The Bertz CT molecular complexity index is 162. The molecule has 2 fully saturated rings. The smallest absolute Gasteiger partial charge is 0.157 e. The quantitative estimate of drug-likeness (QED) is 0.748. The molecule has 3 atom stereocenters. The minimum absolute atomic E-state index is 0.0312. The summed E-state index contributed by atoms with van der Waals surface area (Å²) in [6.45, 7) is 1.94. The Morgan fingerprint density at radius 1 is 1.14 bits per heavy atom. The molecule has 0 bridgehead atoms. The molecule has 0 spiro atoms. The molecule has 14 heavy (non-hydrogen) atoms. The summed E-state index contributed by atoms with van der Waals surface area (Å²) in [5.41, 5.74) is 0. The van der Waals surface area contributed by atoms with Crippen LogP contribution in [0.15, 0.2) is 0 Å². The molecule has 82 valence electrons.